The van der Waals surface area contributed by atoms with E-state index in [4.69, 9.17) is 0 Å². The van der Waals surface area contributed by atoms with Crippen molar-refractivity contribution in [2.75, 3.05) is 0 Å². The molecule has 0 saturated heterocycles. The second-order valence-corrected chi connectivity index (χ2v) is 8.30. The second-order valence-electron chi connectivity index (χ2n) is 7.63. The lowest BCUT2D eigenvalue weighted by molar-refractivity contribution is 0.609. The highest BCUT2D eigenvalue weighted by Gasteiger charge is 2.17. The maximum atomic E-state index is 4.24. The van der Waals surface area contributed by atoms with E-state index in [-0.39, 0.29) is 0 Å². The molecule has 0 bridgehead atoms. The monoisotopic (exact) mass is 350 g/mol. The van der Waals surface area contributed by atoms with Gasteiger partial charge >= 0.3 is 0 Å². The number of benzene rings is 1. The number of hydrogen-bond donors (Lipinski definition) is 0. The summed E-state index contributed by atoms with van der Waals surface area (Å²) in [6.45, 7) is 6.43. The van der Waals surface area contributed by atoms with E-state index in [0.29, 0.717) is 0 Å². The molecular weight excluding hydrogens is 319 g/mol. The van der Waals surface area contributed by atoms with Gasteiger partial charge in [0, 0.05) is 0 Å². The van der Waals surface area contributed by atoms with E-state index in [1.54, 1.807) is 5.57 Å². The van der Waals surface area contributed by atoms with E-state index in [0.717, 1.165) is 12.8 Å². The van der Waals surface area contributed by atoms with Crippen molar-refractivity contribution >= 4 is 14.5 Å². The van der Waals surface area contributed by atoms with Gasteiger partial charge in [-0.15, -0.1) is 9.24 Å². The molecule has 1 aromatic rings. The Morgan fingerprint density at radius 1 is 1.00 bits per heavy atom. The Morgan fingerprint density at radius 2 is 1.76 bits per heavy atom. The summed E-state index contributed by atoms with van der Waals surface area (Å²) in [6, 6.07) is 6.86. The molecule has 1 unspecified atom stereocenters. The SMILES string of the molecule is C=C1C=C(CCCCCCCc2cc(C)cc(P)c2)CC2=C1CC=C2. The molecule has 2 aliphatic carbocycles. The quantitative estimate of drug-likeness (QED) is 0.370. The van der Waals surface area contributed by atoms with Crippen LogP contribution in [0.2, 0.25) is 0 Å². The maximum Gasteiger partial charge on any atom is -0.00608 e. The molecule has 0 spiro atoms. The van der Waals surface area contributed by atoms with Crippen molar-refractivity contribution < 1.29 is 0 Å². The third-order valence-electron chi connectivity index (χ3n) is 5.33. The summed E-state index contributed by atoms with van der Waals surface area (Å²) in [5, 5.41) is 1.31. The molecule has 0 fully saturated rings. The van der Waals surface area contributed by atoms with Crippen LogP contribution in [0.15, 0.2) is 65.3 Å². The average Bonchev–Trinajstić information content (AvgIpc) is 3.02. The molecule has 25 heavy (non-hydrogen) atoms. The summed E-state index contributed by atoms with van der Waals surface area (Å²) in [6.07, 6.45) is 18.4. The summed E-state index contributed by atoms with van der Waals surface area (Å²) >= 11 is 0. The molecule has 1 aromatic carbocycles. The van der Waals surface area contributed by atoms with Crippen LogP contribution < -0.4 is 5.30 Å². The highest BCUT2D eigenvalue weighted by molar-refractivity contribution is 7.27. The molecular formula is C24H31P. The Hall–Kier alpha value is -1.39. The highest BCUT2D eigenvalue weighted by atomic mass is 31.0. The second kappa shape index (κ2) is 8.81. The first-order chi connectivity index (χ1) is 12.1. The Morgan fingerprint density at radius 3 is 2.56 bits per heavy atom. The minimum absolute atomic E-state index is 1.09. The minimum Gasteiger partial charge on any atom is -0.106 e. The van der Waals surface area contributed by atoms with Crippen molar-refractivity contribution in [3.63, 3.8) is 0 Å². The van der Waals surface area contributed by atoms with Gasteiger partial charge in [0.05, 0.1) is 0 Å². The van der Waals surface area contributed by atoms with Gasteiger partial charge in [0.1, 0.15) is 0 Å². The zero-order valence-corrected chi connectivity index (χ0v) is 16.8. The van der Waals surface area contributed by atoms with Crippen molar-refractivity contribution in [2.24, 2.45) is 0 Å². The molecule has 132 valence electrons. The summed E-state index contributed by atoms with van der Waals surface area (Å²) in [5.74, 6) is 0. The minimum atomic E-state index is 1.09. The Bertz CT molecular complexity index is 710. The van der Waals surface area contributed by atoms with Crippen LogP contribution >= 0.6 is 9.24 Å². The van der Waals surface area contributed by atoms with E-state index in [1.807, 2.05) is 0 Å². The van der Waals surface area contributed by atoms with Crippen molar-refractivity contribution in [1.29, 1.82) is 0 Å². The van der Waals surface area contributed by atoms with Gasteiger partial charge in [0.15, 0.2) is 0 Å². The van der Waals surface area contributed by atoms with E-state index in [2.05, 4.69) is 59.2 Å². The third-order valence-corrected chi connectivity index (χ3v) is 5.67. The van der Waals surface area contributed by atoms with Crippen molar-refractivity contribution in [2.45, 2.75) is 64.7 Å². The molecule has 0 saturated carbocycles. The zero-order chi connectivity index (χ0) is 17.6. The van der Waals surface area contributed by atoms with Gasteiger partial charge in [-0.2, -0.15) is 0 Å². The first-order valence-corrected chi connectivity index (χ1v) is 10.3. The van der Waals surface area contributed by atoms with Crippen LogP contribution in [0.3, 0.4) is 0 Å². The third kappa shape index (κ3) is 5.29. The topological polar surface area (TPSA) is 0 Å². The summed E-state index contributed by atoms with van der Waals surface area (Å²) in [5.41, 5.74) is 8.71. The number of unbranched alkanes of at least 4 members (excludes halogenated alkanes) is 4. The number of allylic oxidation sites excluding steroid dienone is 7. The fourth-order valence-corrected chi connectivity index (χ4v) is 4.57. The van der Waals surface area contributed by atoms with Crippen molar-refractivity contribution in [1.82, 2.24) is 0 Å². The normalized spacial score (nSPS) is 16.4. The van der Waals surface area contributed by atoms with Crippen molar-refractivity contribution in [3.8, 4) is 0 Å². The summed E-state index contributed by atoms with van der Waals surface area (Å²) in [7, 11) is 2.82. The first-order valence-electron chi connectivity index (χ1n) is 9.75. The van der Waals surface area contributed by atoms with E-state index in [1.165, 1.54) is 78.1 Å². The molecule has 0 N–H and O–H groups in total. The number of hydrogen-bond acceptors (Lipinski definition) is 0. The average molecular weight is 350 g/mol. The molecule has 0 nitrogen and oxygen atoms in total. The van der Waals surface area contributed by atoms with Gasteiger partial charge in [0.25, 0.3) is 0 Å². The van der Waals surface area contributed by atoms with E-state index in [9.17, 15) is 0 Å². The predicted octanol–water partition coefficient (Wildman–Crippen LogP) is 6.52. The van der Waals surface area contributed by atoms with E-state index < -0.39 is 0 Å². The molecule has 0 heterocycles. The van der Waals surface area contributed by atoms with Gasteiger partial charge < -0.3 is 0 Å². The predicted molar refractivity (Wildman–Crippen MR) is 115 cm³/mol. The van der Waals surface area contributed by atoms with Crippen LogP contribution in [0.25, 0.3) is 0 Å². The van der Waals surface area contributed by atoms with Crippen LogP contribution in [-0.4, -0.2) is 0 Å². The van der Waals surface area contributed by atoms with Gasteiger partial charge in [-0.3, -0.25) is 0 Å². The molecule has 3 rings (SSSR count). The standard InChI is InChI=1S/C24H31P/c1-18-13-20(17-23(25)14-18)9-6-4-3-5-7-10-21-15-19(2)24-12-8-11-22(24)16-21/h8,11,13-15,17H,2-7,9-10,12,16,25H2,1H3. The van der Waals surface area contributed by atoms with Crippen LogP contribution in [-0.2, 0) is 6.42 Å². The fourth-order valence-electron chi connectivity index (χ4n) is 4.09. The first kappa shape index (κ1) is 18.4. The lowest BCUT2D eigenvalue weighted by atomic mass is 9.88. The summed E-state index contributed by atoms with van der Waals surface area (Å²) in [4.78, 5) is 0. The van der Waals surface area contributed by atoms with Gasteiger partial charge in [-0.05, 0) is 73.0 Å². The zero-order valence-electron chi connectivity index (χ0n) is 15.6. The van der Waals surface area contributed by atoms with E-state index >= 15 is 0 Å². The lowest BCUT2D eigenvalue weighted by Gasteiger charge is -2.17. The van der Waals surface area contributed by atoms with Gasteiger partial charge in [0.2, 0.25) is 0 Å². The Kier molecular flexibility index (Phi) is 6.49. The van der Waals surface area contributed by atoms with Crippen LogP contribution in [0, 0.1) is 6.92 Å². The summed E-state index contributed by atoms with van der Waals surface area (Å²) < 4.78 is 0. The van der Waals surface area contributed by atoms with Crippen LogP contribution in [0.4, 0.5) is 0 Å². The smallest absolute Gasteiger partial charge is 0.00608 e. The van der Waals surface area contributed by atoms with Gasteiger partial charge in [-0.25, -0.2) is 0 Å². The Labute approximate surface area is 156 Å². The fraction of sp³-hybridized carbons (Fsp3) is 0.417. The number of aryl methyl sites for hydroxylation is 2. The largest absolute Gasteiger partial charge is 0.106 e. The highest BCUT2D eigenvalue weighted by Crippen LogP contribution is 2.36. The molecule has 1 heteroatoms. The molecule has 0 radical (unpaired) electrons. The van der Waals surface area contributed by atoms with Crippen molar-refractivity contribution in [3.05, 3.63) is 76.4 Å². The maximum absolute atomic E-state index is 4.24. The lowest BCUT2D eigenvalue weighted by Crippen LogP contribution is -1.98. The molecule has 0 amide bonds. The molecule has 1 atom stereocenters. The molecule has 0 aliphatic heterocycles. The number of rotatable bonds is 8. The van der Waals surface area contributed by atoms with Crippen LogP contribution in [0.5, 0.6) is 0 Å². The molecule has 2 aliphatic rings. The van der Waals surface area contributed by atoms with Gasteiger partial charge in [-0.1, -0.05) is 73.4 Å². The Balaban J connectivity index is 1.30. The molecule has 0 aromatic heterocycles. The van der Waals surface area contributed by atoms with Crippen LogP contribution in [0.1, 0.15) is 62.5 Å².